The van der Waals surface area contributed by atoms with Crippen LogP contribution in [0.25, 0.3) is 0 Å². The Bertz CT molecular complexity index is 760. The quantitative estimate of drug-likeness (QED) is 0.246. The fourth-order valence-corrected chi connectivity index (χ4v) is 3.23. The van der Waals surface area contributed by atoms with Crippen molar-refractivity contribution in [2.45, 2.75) is 19.0 Å². The van der Waals surface area contributed by atoms with Crippen molar-refractivity contribution < 1.29 is 9.47 Å². The summed E-state index contributed by atoms with van der Waals surface area (Å²) in [5.74, 6) is 1.41. The molecular formula is C21H30IN5O2. The summed E-state index contributed by atoms with van der Waals surface area (Å²) in [7, 11) is 3.44. The Hall–Kier alpha value is -2.07. The van der Waals surface area contributed by atoms with Crippen LogP contribution in [0.3, 0.4) is 0 Å². The molecule has 7 nitrogen and oxygen atoms in total. The molecule has 1 atom stereocenters. The third-order valence-electron chi connectivity index (χ3n) is 4.70. The maximum atomic E-state index is 5.70. The average molecular weight is 511 g/mol. The molecule has 29 heavy (non-hydrogen) atoms. The van der Waals surface area contributed by atoms with Gasteiger partial charge in [0.15, 0.2) is 5.96 Å². The van der Waals surface area contributed by atoms with Crippen molar-refractivity contribution in [3.63, 3.8) is 0 Å². The minimum Gasteiger partial charge on any atom is -0.475 e. The second kappa shape index (κ2) is 12.5. The summed E-state index contributed by atoms with van der Waals surface area (Å²) in [6.45, 7) is 3.60. The molecule has 2 N–H and O–H groups in total. The van der Waals surface area contributed by atoms with Gasteiger partial charge in [0.05, 0.1) is 6.61 Å². The number of benzene rings is 1. The molecule has 8 heteroatoms. The van der Waals surface area contributed by atoms with E-state index in [9.17, 15) is 0 Å². The number of halogens is 1. The summed E-state index contributed by atoms with van der Waals surface area (Å²) in [6.07, 6.45) is 2.81. The highest BCUT2D eigenvalue weighted by Gasteiger charge is 2.23. The van der Waals surface area contributed by atoms with E-state index >= 15 is 0 Å². The number of pyridine rings is 1. The minimum absolute atomic E-state index is 0. The fourth-order valence-electron chi connectivity index (χ4n) is 3.23. The number of aliphatic imine (C=N–C) groups is 1. The van der Waals surface area contributed by atoms with Crippen LogP contribution in [0, 0.1) is 0 Å². The average Bonchev–Trinajstić information content (AvgIpc) is 3.21. The summed E-state index contributed by atoms with van der Waals surface area (Å²) in [5, 5.41) is 6.89. The summed E-state index contributed by atoms with van der Waals surface area (Å²) in [4.78, 5) is 11.1. The van der Waals surface area contributed by atoms with E-state index in [4.69, 9.17) is 9.47 Å². The van der Waals surface area contributed by atoms with Crippen molar-refractivity contribution in [3.8, 4) is 5.88 Å². The maximum absolute atomic E-state index is 5.70. The first-order valence-corrected chi connectivity index (χ1v) is 9.63. The number of ether oxygens (including phenoxy) is 2. The number of hydrogen-bond donors (Lipinski definition) is 2. The van der Waals surface area contributed by atoms with E-state index in [2.05, 4.69) is 49.8 Å². The van der Waals surface area contributed by atoms with Crippen molar-refractivity contribution in [1.29, 1.82) is 0 Å². The lowest BCUT2D eigenvalue weighted by atomic mass is 10.2. The number of nitrogens with one attached hydrogen (secondary N) is 2. The van der Waals surface area contributed by atoms with Crippen LogP contribution in [0.4, 0.5) is 5.69 Å². The molecule has 1 saturated heterocycles. The van der Waals surface area contributed by atoms with Crippen LogP contribution < -0.4 is 20.3 Å². The molecule has 158 valence electrons. The van der Waals surface area contributed by atoms with Gasteiger partial charge >= 0.3 is 0 Å². The number of guanidine groups is 1. The van der Waals surface area contributed by atoms with Gasteiger partial charge in [-0.25, -0.2) is 4.98 Å². The lowest BCUT2D eigenvalue weighted by molar-refractivity contribution is 0.143. The number of rotatable bonds is 8. The molecule has 3 rings (SSSR count). The van der Waals surface area contributed by atoms with E-state index in [-0.39, 0.29) is 24.0 Å². The molecule has 0 radical (unpaired) electrons. The molecule has 1 fully saturated rings. The van der Waals surface area contributed by atoms with Crippen LogP contribution in [0.1, 0.15) is 12.0 Å². The van der Waals surface area contributed by atoms with Crippen LogP contribution in [-0.4, -0.2) is 57.4 Å². The first-order chi connectivity index (χ1) is 13.8. The molecule has 2 aromatic rings. The Balaban J connectivity index is 0.00000300. The molecular weight excluding hydrogens is 481 g/mol. The summed E-state index contributed by atoms with van der Waals surface area (Å²) < 4.78 is 10.7. The Labute approximate surface area is 189 Å². The molecule has 0 aliphatic carbocycles. The van der Waals surface area contributed by atoms with E-state index in [1.54, 1.807) is 20.4 Å². The van der Waals surface area contributed by atoms with Crippen LogP contribution in [0.5, 0.6) is 5.88 Å². The number of anilines is 1. The van der Waals surface area contributed by atoms with Gasteiger partial charge in [0.25, 0.3) is 0 Å². The normalized spacial score (nSPS) is 16.3. The van der Waals surface area contributed by atoms with Gasteiger partial charge in [-0.3, -0.25) is 4.99 Å². The lowest BCUT2D eigenvalue weighted by Gasteiger charge is -2.20. The summed E-state index contributed by atoms with van der Waals surface area (Å²) in [5.41, 5.74) is 2.25. The van der Waals surface area contributed by atoms with E-state index in [0.717, 1.165) is 31.0 Å². The topological polar surface area (TPSA) is 71.0 Å². The summed E-state index contributed by atoms with van der Waals surface area (Å²) >= 11 is 0. The predicted octanol–water partition coefficient (Wildman–Crippen LogP) is 2.67. The van der Waals surface area contributed by atoms with Crippen LogP contribution in [0.15, 0.2) is 53.7 Å². The standard InChI is InChI=1S/C21H29N5O2.HI/c1-22-21(24-15-17-7-6-11-23-20(17)28-14-13-27-2)25-18-10-12-26(16-18)19-8-4-3-5-9-19;/h3-9,11,18H,10,12-16H2,1-2H3,(H2,22,24,25);1H. The lowest BCUT2D eigenvalue weighted by Crippen LogP contribution is -2.44. The molecule has 1 aromatic heterocycles. The van der Waals surface area contributed by atoms with Gasteiger partial charge in [0, 0.05) is 57.3 Å². The molecule has 2 heterocycles. The van der Waals surface area contributed by atoms with Crippen molar-refractivity contribution in [1.82, 2.24) is 15.6 Å². The van der Waals surface area contributed by atoms with Gasteiger partial charge in [-0.15, -0.1) is 24.0 Å². The first-order valence-electron chi connectivity index (χ1n) is 9.63. The van der Waals surface area contributed by atoms with Gasteiger partial charge < -0.3 is 25.0 Å². The zero-order valence-corrected chi connectivity index (χ0v) is 19.3. The zero-order chi connectivity index (χ0) is 19.6. The highest BCUT2D eigenvalue weighted by Crippen LogP contribution is 2.19. The van der Waals surface area contributed by atoms with Crippen molar-refractivity contribution >= 4 is 35.6 Å². The number of methoxy groups -OCH3 is 1. The second-order valence-electron chi connectivity index (χ2n) is 6.65. The van der Waals surface area contributed by atoms with Crippen LogP contribution in [-0.2, 0) is 11.3 Å². The number of aromatic nitrogens is 1. The second-order valence-corrected chi connectivity index (χ2v) is 6.65. The molecule has 0 spiro atoms. The van der Waals surface area contributed by atoms with Gasteiger partial charge in [0.1, 0.15) is 6.61 Å². The van der Waals surface area contributed by atoms with Crippen LogP contribution >= 0.6 is 24.0 Å². The van der Waals surface area contributed by atoms with Crippen molar-refractivity contribution in [2.75, 3.05) is 45.4 Å². The number of para-hydroxylation sites is 1. The van der Waals surface area contributed by atoms with E-state index in [0.29, 0.717) is 31.7 Å². The molecule has 1 aromatic carbocycles. The van der Waals surface area contributed by atoms with E-state index in [1.807, 2.05) is 18.2 Å². The predicted molar refractivity (Wildman–Crippen MR) is 127 cm³/mol. The Morgan fingerprint density at radius 2 is 2.03 bits per heavy atom. The number of hydrogen-bond acceptors (Lipinski definition) is 5. The largest absolute Gasteiger partial charge is 0.475 e. The number of nitrogens with zero attached hydrogens (tertiary/aromatic N) is 3. The van der Waals surface area contributed by atoms with Gasteiger partial charge in [-0.05, 0) is 24.6 Å². The van der Waals surface area contributed by atoms with Gasteiger partial charge in [-0.1, -0.05) is 24.3 Å². The van der Waals surface area contributed by atoms with Gasteiger partial charge in [-0.2, -0.15) is 0 Å². The SMILES string of the molecule is CN=C(NCc1cccnc1OCCOC)NC1CCN(c2ccccc2)C1.I. The van der Waals surface area contributed by atoms with Crippen LogP contribution in [0.2, 0.25) is 0 Å². The molecule has 0 amide bonds. The Morgan fingerprint density at radius 3 is 2.79 bits per heavy atom. The summed E-state index contributed by atoms with van der Waals surface area (Å²) in [6, 6.07) is 14.8. The molecule has 0 saturated carbocycles. The third kappa shape index (κ3) is 7.04. The van der Waals surface area contributed by atoms with Crippen molar-refractivity contribution in [3.05, 3.63) is 54.2 Å². The van der Waals surface area contributed by atoms with E-state index < -0.39 is 0 Å². The van der Waals surface area contributed by atoms with Crippen molar-refractivity contribution in [2.24, 2.45) is 4.99 Å². The molecule has 1 aliphatic heterocycles. The monoisotopic (exact) mass is 511 g/mol. The molecule has 0 bridgehead atoms. The maximum Gasteiger partial charge on any atom is 0.218 e. The Kier molecular flexibility index (Phi) is 9.99. The smallest absolute Gasteiger partial charge is 0.218 e. The molecule has 1 aliphatic rings. The van der Waals surface area contributed by atoms with E-state index in [1.165, 1.54) is 5.69 Å². The van der Waals surface area contributed by atoms with Gasteiger partial charge in [0.2, 0.25) is 5.88 Å². The fraction of sp³-hybridized carbons (Fsp3) is 0.429. The third-order valence-corrected chi connectivity index (χ3v) is 4.70. The minimum atomic E-state index is 0. The highest BCUT2D eigenvalue weighted by molar-refractivity contribution is 14.0. The Morgan fingerprint density at radius 1 is 1.21 bits per heavy atom. The molecule has 1 unspecified atom stereocenters. The first kappa shape index (κ1) is 23.2. The zero-order valence-electron chi connectivity index (χ0n) is 17.0. The highest BCUT2D eigenvalue weighted by atomic mass is 127.